The Kier molecular flexibility index (Phi) is 5.12. The molecule has 0 saturated carbocycles. The molecular formula is C26H20O3. The lowest BCUT2D eigenvalue weighted by Crippen LogP contribution is -2.07. The first-order valence-electron chi connectivity index (χ1n) is 9.40. The smallest absolute Gasteiger partial charge is 0.339 e. The van der Waals surface area contributed by atoms with Crippen LogP contribution in [0.25, 0.3) is 11.1 Å². The van der Waals surface area contributed by atoms with Gasteiger partial charge in [0.15, 0.2) is 0 Å². The molecule has 2 N–H and O–H groups in total. The molecule has 0 aliphatic heterocycles. The van der Waals surface area contributed by atoms with Crippen molar-refractivity contribution in [3.05, 3.63) is 125 Å². The molecule has 0 spiro atoms. The summed E-state index contributed by atoms with van der Waals surface area (Å²) < 4.78 is 0. The molecule has 3 heteroatoms. The molecule has 0 aromatic heterocycles. The number of hydrogen-bond donors (Lipinski definition) is 2. The van der Waals surface area contributed by atoms with E-state index in [0.717, 1.165) is 22.3 Å². The Morgan fingerprint density at radius 2 is 1.14 bits per heavy atom. The van der Waals surface area contributed by atoms with Gasteiger partial charge >= 0.3 is 5.97 Å². The number of phenols is 1. The maximum absolute atomic E-state index is 11.9. The van der Waals surface area contributed by atoms with Gasteiger partial charge in [0.2, 0.25) is 0 Å². The van der Waals surface area contributed by atoms with Crippen LogP contribution < -0.4 is 0 Å². The van der Waals surface area contributed by atoms with Crippen LogP contribution in [0, 0.1) is 0 Å². The first-order chi connectivity index (χ1) is 14.1. The van der Waals surface area contributed by atoms with Crippen LogP contribution in [0.15, 0.2) is 103 Å². The molecule has 0 amide bonds. The zero-order chi connectivity index (χ0) is 20.2. The van der Waals surface area contributed by atoms with Crippen molar-refractivity contribution in [3.63, 3.8) is 0 Å². The first-order valence-corrected chi connectivity index (χ1v) is 9.40. The van der Waals surface area contributed by atoms with E-state index in [1.807, 2.05) is 97.1 Å². The highest BCUT2D eigenvalue weighted by molar-refractivity contribution is 5.93. The predicted molar refractivity (Wildman–Crippen MR) is 114 cm³/mol. The van der Waals surface area contributed by atoms with Gasteiger partial charge in [-0.25, -0.2) is 4.79 Å². The molecule has 4 aromatic carbocycles. The van der Waals surface area contributed by atoms with Gasteiger partial charge in [-0.05, 0) is 34.4 Å². The molecule has 0 aliphatic rings. The quantitative estimate of drug-likeness (QED) is 0.421. The largest absolute Gasteiger partial charge is 0.507 e. The van der Waals surface area contributed by atoms with Crippen LogP contribution in [-0.2, 0) is 0 Å². The van der Waals surface area contributed by atoms with Crippen LogP contribution in [0.1, 0.15) is 33.0 Å². The van der Waals surface area contributed by atoms with Crippen molar-refractivity contribution in [2.75, 3.05) is 0 Å². The van der Waals surface area contributed by atoms with Gasteiger partial charge in [0.1, 0.15) is 11.3 Å². The number of benzene rings is 4. The molecule has 0 unspecified atom stereocenters. The second-order valence-corrected chi connectivity index (χ2v) is 6.89. The average molecular weight is 380 g/mol. The number of aromatic carboxylic acids is 1. The van der Waals surface area contributed by atoms with Gasteiger partial charge in [0, 0.05) is 11.5 Å². The van der Waals surface area contributed by atoms with Gasteiger partial charge in [-0.1, -0.05) is 91.0 Å². The van der Waals surface area contributed by atoms with E-state index in [9.17, 15) is 15.0 Å². The molecule has 0 atom stereocenters. The Bertz CT molecular complexity index is 1080. The summed E-state index contributed by atoms with van der Waals surface area (Å²) in [5.41, 5.74) is 4.09. The molecular weight excluding hydrogens is 360 g/mol. The summed E-state index contributed by atoms with van der Waals surface area (Å²) >= 11 is 0. The van der Waals surface area contributed by atoms with Crippen molar-refractivity contribution in [2.24, 2.45) is 0 Å². The Balaban J connectivity index is 1.99. The summed E-state index contributed by atoms with van der Waals surface area (Å²) in [6, 6.07) is 32.7. The Morgan fingerprint density at radius 1 is 0.655 bits per heavy atom. The zero-order valence-corrected chi connectivity index (χ0v) is 15.7. The van der Waals surface area contributed by atoms with E-state index >= 15 is 0 Å². The molecule has 0 fully saturated rings. The minimum absolute atomic E-state index is 0.0989. The van der Waals surface area contributed by atoms with E-state index in [-0.39, 0.29) is 17.2 Å². The molecule has 0 saturated heterocycles. The fraction of sp³-hybridized carbons (Fsp3) is 0.0385. The lowest BCUT2D eigenvalue weighted by molar-refractivity contribution is 0.0693. The van der Waals surface area contributed by atoms with Gasteiger partial charge < -0.3 is 10.2 Å². The SMILES string of the molecule is O=C(O)c1cc(-c2ccccc2)cc(C(c2ccccc2)c2ccccc2)c1O. The van der Waals surface area contributed by atoms with Crippen LogP contribution in [0.5, 0.6) is 5.75 Å². The number of carbonyl (C=O) groups is 1. The molecule has 0 heterocycles. The van der Waals surface area contributed by atoms with Gasteiger partial charge in [0.25, 0.3) is 0 Å². The average Bonchev–Trinajstić information content (AvgIpc) is 2.77. The summed E-state index contributed by atoms with van der Waals surface area (Å²) in [6.45, 7) is 0. The van der Waals surface area contributed by atoms with Gasteiger partial charge in [-0.2, -0.15) is 0 Å². The van der Waals surface area contributed by atoms with Crippen molar-refractivity contribution in [1.29, 1.82) is 0 Å². The van der Waals surface area contributed by atoms with Crippen molar-refractivity contribution >= 4 is 5.97 Å². The van der Waals surface area contributed by atoms with Crippen molar-refractivity contribution in [3.8, 4) is 16.9 Å². The standard InChI is InChI=1S/C26H20O3/c27-25-22(16-21(17-23(25)26(28)29)18-10-4-1-5-11-18)24(19-12-6-2-7-13-19)20-14-8-3-9-15-20/h1-17,24,27H,(H,28,29). The van der Waals surface area contributed by atoms with E-state index in [0.29, 0.717) is 5.56 Å². The molecule has 4 rings (SSSR count). The van der Waals surface area contributed by atoms with Crippen LogP contribution in [0.3, 0.4) is 0 Å². The number of hydrogen-bond acceptors (Lipinski definition) is 2. The van der Waals surface area contributed by atoms with Crippen LogP contribution >= 0.6 is 0 Å². The molecule has 0 bridgehead atoms. The Labute approximate surface area is 169 Å². The van der Waals surface area contributed by atoms with Crippen molar-refractivity contribution < 1.29 is 15.0 Å². The van der Waals surface area contributed by atoms with Gasteiger partial charge in [-0.3, -0.25) is 0 Å². The maximum atomic E-state index is 11.9. The second-order valence-electron chi connectivity index (χ2n) is 6.89. The third-order valence-electron chi connectivity index (χ3n) is 5.05. The number of carboxylic acids is 1. The summed E-state index contributed by atoms with van der Waals surface area (Å²) in [4.78, 5) is 11.9. The molecule has 0 radical (unpaired) electrons. The second kappa shape index (κ2) is 8.03. The first kappa shape index (κ1) is 18.5. The highest BCUT2D eigenvalue weighted by Crippen LogP contribution is 2.41. The Morgan fingerprint density at radius 3 is 1.62 bits per heavy atom. The molecule has 4 aromatic rings. The fourth-order valence-electron chi connectivity index (χ4n) is 3.68. The number of aromatic hydroxyl groups is 1. The van der Waals surface area contributed by atoms with E-state index in [1.165, 1.54) is 6.07 Å². The number of rotatable bonds is 5. The van der Waals surface area contributed by atoms with Crippen LogP contribution in [-0.4, -0.2) is 16.2 Å². The topological polar surface area (TPSA) is 57.5 Å². The predicted octanol–water partition coefficient (Wildman–Crippen LogP) is 5.94. The normalized spacial score (nSPS) is 10.8. The third-order valence-corrected chi connectivity index (χ3v) is 5.05. The van der Waals surface area contributed by atoms with E-state index in [1.54, 1.807) is 0 Å². The lowest BCUT2D eigenvalue weighted by atomic mass is 9.82. The van der Waals surface area contributed by atoms with Crippen molar-refractivity contribution in [1.82, 2.24) is 0 Å². The molecule has 29 heavy (non-hydrogen) atoms. The summed E-state index contributed by atoms with van der Waals surface area (Å²) in [7, 11) is 0. The third kappa shape index (κ3) is 3.76. The minimum Gasteiger partial charge on any atom is -0.507 e. The highest BCUT2D eigenvalue weighted by atomic mass is 16.4. The maximum Gasteiger partial charge on any atom is 0.339 e. The van der Waals surface area contributed by atoms with E-state index in [2.05, 4.69) is 0 Å². The molecule has 142 valence electrons. The van der Waals surface area contributed by atoms with Gasteiger partial charge in [0.05, 0.1) is 0 Å². The molecule has 0 aliphatic carbocycles. The van der Waals surface area contributed by atoms with Crippen molar-refractivity contribution in [2.45, 2.75) is 5.92 Å². The fourth-order valence-corrected chi connectivity index (χ4v) is 3.68. The molecule has 3 nitrogen and oxygen atoms in total. The van der Waals surface area contributed by atoms with E-state index < -0.39 is 5.97 Å². The van der Waals surface area contributed by atoms with E-state index in [4.69, 9.17) is 0 Å². The lowest BCUT2D eigenvalue weighted by Gasteiger charge is -2.22. The number of carboxylic acid groups (broad SMARTS) is 1. The summed E-state index contributed by atoms with van der Waals surface area (Å²) in [5, 5.41) is 20.7. The summed E-state index contributed by atoms with van der Waals surface area (Å²) in [6.07, 6.45) is 0. The van der Waals surface area contributed by atoms with Crippen LogP contribution in [0.4, 0.5) is 0 Å². The van der Waals surface area contributed by atoms with Gasteiger partial charge in [-0.15, -0.1) is 0 Å². The Hall–Kier alpha value is -3.85. The van der Waals surface area contributed by atoms with Crippen LogP contribution in [0.2, 0.25) is 0 Å². The highest BCUT2D eigenvalue weighted by Gasteiger charge is 2.24. The minimum atomic E-state index is -1.15. The zero-order valence-electron chi connectivity index (χ0n) is 15.7. The monoisotopic (exact) mass is 380 g/mol. The summed E-state index contributed by atoms with van der Waals surface area (Å²) in [5.74, 6) is -1.64.